The highest BCUT2D eigenvalue weighted by molar-refractivity contribution is 6.31. The molecule has 0 unspecified atom stereocenters. The predicted octanol–water partition coefficient (Wildman–Crippen LogP) is 3.67. The first-order valence-corrected chi connectivity index (χ1v) is 6.62. The van der Waals surface area contributed by atoms with Crippen LogP contribution in [-0.2, 0) is 6.42 Å². The van der Waals surface area contributed by atoms with E-state index in [1.54, 1.807) is 42.5 Å². The summed E-state index contributed by atoms with van der Waals surface area (Å²) in [5, 5.41) is 11.9. The zero-order valence-electron chi connectivity index (χ0n) is 11.4. The van der Waals surface area contributed by atoms with Crippen LogP contribution in [0.4, 0.5) is 5.69 Å². The van der Waals surface area contributed by atoms with Crippen LogP contribution in [0.2, 0.25) is 5.02 Å². The molecule has 0 spiro atoms. The van der Waals surface area contributed by atoms with Gasteiger partial charge in [-0.05, 0) is 35.9 Å². The molecule has 1 N–H and O–H groups in total. The Morgan fingerprint density at radius 3 is 2.62 bits per heavy atom. The third-order valence-electron chi connectivity index (χ3n) is 2.91. The number of benzene rings is 2. The molecule has 0 aliphatic rings. The highest BCUT2D eigenvalue weighted by Gasteiger charge is 2.10. The van der Waals surface area contributed by atoms with Crippen LogP contribution in [-0.4, -0.2) is 13.0 Å². The molecule has 5 heteroatoms. The standard InChI is InChI=1S/C16H13ClN2O2/c1-21-15-7-6-13(17)10-14(15)19-16(20)12-4-2-11(3-5-12)8-9-18/h2-7,10H,8H2,1H3,(H,19,20). The molecule has 0 radical (unpaired) electrons. The lowest BCUT2D eigenvalue weighted by atomic mass is 10.1. The van der Waals surface area contributed by atoms with Gasteiger partial charge in [0.1, 0.15) is 5.75 Å². The quantitative estimate of drug-likeness (QED) is 0.937. The van der Waals surface area contributed by atoms with Gasteiger partial charge in [-0.15, -0.1) is 0 Å². The third-order valence-corrected chi connectivity index (χ3v) is 3.14. The molecule has 21 heavy (non-hydrogen) atoms. The van der Waals surface area contributed by atoms with Gasteiger partial charge in [0.15, 0.2) is 0 Å². The fourth-order valence-corrected chi connectivity index (χ4v) is 2.01. The molecule has 2 aromatic rings. The summed E-state index contributed by atoms with van der Waals surface area (Å²) < 4.78 is 5.18. The minimum Gasteiger partial charge on any atom is -0.495 e. The number of nitriles is 1. The maximum atomic E-state index is 12.2. The number of anilines is 1. The van der Waals surface area contributed by atoms with Crippen LogP contribution in [0.1, 0.15) is 15.9 Å². The Labute approximate surface area is 127 Å². The van der Waals surface area contributed by atoms with Gasteiger partial charge in [0.25, 0.3) is 5.91 Å². The second-order valence-corrected chi connectivity index (χ2v) is 4.77. The van der Waals surface area contributed by atoms with E-state index in [4.69, 9.17) is 21.6 Å². The Kier molecular flexibility index (Phi) is 4.81. The van der Waals surface area contributed by atoms with E-state index < -0.39 is 0 Å². The van der Waals surface area contributed by atoms with Crippen LogP contribution in [0.3, 0.4) is 0 Å². The summed E-state index contributed by atoms with van der Waals surface area (Å²) in [7, 11) is 1.52. The molecule has 106 valence electrons. The van der Waals surface area contributed by atoms with E-state index in [-0.39, 0.29) is 5.91 Å². The summed E-state index contributed by atoms with van der Waals surface area (Å²) in [6, 6.07) is 13.9. The number of methoxy groups -OCH3 is 1. The highest BCUT2D eigenvalue weighted by Crippen LogP contribution is 2.28. The predicted molar refractivity (Wildman–Crippen MR) is 81.7 cm³/mol. The molecule has 0 aromatic heterocycles. The first-order valence-electron chi connectivity index (χ1n) is 6.25. The molecule has 4 nitrogen and oxygen atoms in total. The van der Waals surface area contributed by atoms with Crippen molar-refractivity contribution in [3.8, 4) is 11.8 Å². The van der Waals surface area contributed by atoms with Gasteiger partial charge < -0.3 is 10.1 Å². The van der Waals surface area contributed by atoms with Crippen molar-refractivity contribution in [2.24, 2.45) is 0 Å². The first-order chi connectivity index (χ1) is 10.1. The Morgan fingerprint density at radius 2 is 2.00 bits per heavy atom. The lowest BCUT2D eigenvalue weighted by Gasteiger charge is -2.10. The first kappa shape index (κ1) is 14.9. The normalized spacial score (nSPS) is 9.76. The van der Waals surface area contributed by atoms with Gasteiger partial charge in [-0.1, -0.05) is 23.7 Å². The van der Waals surface area contributed by atoms with Crippen LogP contribution >= 0.6 is 11.6 Å². The number of nitrogens with zero attached hydrogens (tertiary/aromatic N) is 1. The molecule has 1 amide bonds. The van der Waals surface area contributed by atoms with Crippen molar-refractivity contribution < 1.29 is 9.53 Å². The SMILES string of the molecule is COc1ccc(Cl)cc1NC(=O)c1ccc(CC#N)cc1. The van der Waals surface area contributed by atoms with E-state index in [1.807, 2.05) is 0 Å². The van der Waals surface area contributed by atoms with Crippen molar-refractivity contribution in [2.45, 2.75) is 6.42 Å². The average molecular weight is 301 g/mol. The molecule has 0 bridgehead atoms. The second kappa shape index (κ2) is 6.78. The highest BCUT2D eigenvalue weighted by atomic mass is 35.5. The summed E-state index contributed by atoms with van der Waals surface area (Å²) >= 11 is 5.92. The second-order valence-electron chi connectivity index (χ2n) is 4.33. The van der Waals surface area contributed by atoms with Gasteiger partial charge in [0.05, 0.1) is 25.3 Å². The van der Waals surface area contributed by atoms with Crippen molar-refractivity contribution in [1.82, 2.24) is 0 Å². The zero-order chi connectivity index (χ0) is 15.2. The van der Waals surface area contributed by atoms with Crippen LogP contribution in [0.5, 0.6) is 5.75 Å². The summed E-state index contributed by atoms with van der Waals surface area (Å²) in [6.07, 6.45) is 0.323. The molecular weight excluding hydrogens is 288 g/mol. The van der Waals surface area contributed by atoms with Gasteiger partial charge in [-0.25, -0.2) is 0 Å². The minimum absolute atomic E-state index is 0.265. The maximum absolute atomic E-state index is 12.2. The number of hydrogen-bond acceptors (Lipinski definition) is 3. The van der Waals surface area contributed by atoms with E-state index >= 15 is 0 Å². The lowest BCUT2D eigenvalue weighted by molar-refractivity contribution is 0.102. The lowest BCUT2D eigenvalue weighted by Crippen LogP contribution is -2.12. The number of amides is 1. The molecule has 0 atom stereocenters. The van der Waals surface area contributed by atoms with Crippen molar-refractivity contribution in [3.63, 3.8) is 0 Å². The van der Waals surface area contributed by atoms with E-state index in [0.717, 1.165) is 5.56 Å². The summed E-state index contributed by atoms with van der Waals surface area (Å²) in [5.41, 5.74) is 1.88. The average Bonchev–Trinajstić information content (AvgIpc) is 2.48. The molecule has 2 rings (SSSR count). The number of nitrogens with one attached hydrogen (secondary N) is 1. The Hall–Kier alpha value is -2.51. The molecule has 0 saturated carbocycles. The molecule has 0 saturated heterocycles. The van der Waals surface area contributed by atoms with E-state index in [9.17, 15) is 4.79 Å². The number of halogens is 1. The van der Waals surface area contributed by atoms with Gasteiger partial charge in [0, 0.05) is 10.6 Å². The summed E-state index contributed by atoms with van der Waals surface area (Å²) in [4.78, 5) is 12.2. The molecular formula is C16H13ClN2O2. The summed E-state index contributed by atoms with van der Waals surface area (Å²) in [5.74, 6) is 0.271. The molecule has 0 aliphatic heterocycles. The molecule has 2 aromatic carbocycles. The van der Waals surface area contributed by atoms with Crippen molar-refractivity contribution in [2.75, 3.05) is 12.4 Å². The molecule has 0 fully saturated rings. The smallest absolute Gasteiger partial charge is 0.255 e. The van der Waals surface area contributed by atoms with Gasteiger partial charge in [0.2, 0.25) is 0 Å². The number of carbonyl (C=O) groups excluding carboxylic acids is 1. The fourth-order valence-electron chi connectivity index (χ4n) is 1.84. The Balaban J connectivity index is 2.18. The number of rotatable bonds is 4. The monoisotopic (exact) mass is 300 g/mol. The maximum Gasteiger partial charge on any atom is 0.255 e. The van der Waals surface area contributed by atoms with Crippen LogP contribution in [0.15, 0.2) is 42.5 Å². The van der Waals surface area contributed by atoms with Gasteiger partial charge >= 0.3 is 0 Å². The Bertz CT molecular complexity index is 690. The number of hydrogen-bond donors (Lipinski definition) is 1. The molecule has 0 aliphatic carbocycles. The van der Waals surface area contributed by atoms with Gasteiger partial charge in [-0.2, -0.15) is 5.26 Å². The van der Waals surface area contributed by atoms with E-state index in [1.165, 1.54) is 7.11 Å². The van der Waals surface area contributed by atoms with E-state index in [2.05, 4.69) is 11.4 Å². The molecule has 0 heterocycles. The Morgan fingerprint density at radius 1 is 1.29 bits per heavy atom. The topological polar surface area (TPSA) is 62.1 Å². The third kappa shape index (κ3) is 3.74. The zero-order valence-corrected chi connectivity index (χ0v) is 12.1. The van der Waals surface area contributed by atoms with Crippen molar-refractivity contribution >= 4 is 23.2 Å². The fraction of sp³-hybridized carbons (Fsp3) is 0.125. The van der Waals surface area contributed by atoms with Crippen LogP contribution in [0, 0.1) is 11.3 Å². The van der Waals surface area contributed by atoms with Crippen molar-refractivity contribution in [3.05, 3.63) is 58.6 Å². The number of ether oxygens (including phenoxy) is 1. The van der Waals surface area contributed by atoms with Crippen LogP contribution < -0.4 is 10.1 Å². The summed E-state index contributed by atoms with van der Waals surface area (Å²) in [6.45, 7) is 0. The van der Waals surface area contributed by atoms with Crippen molar-refractivity contribution in [1.29, 1.82) is 5.26 Å². The minimum atomic E-state index is -0.265. The van der Waals surface area contributed by atoms with Crippen LogP contribution in [0.25, 0.3) is 0 Å². The largest absolute Gasteiger partial charge is 0.495 e. The van der Waals surface area contributed by atoms with Gasteiger partial charge in [-0.3, -0.25) is 4.79 Å². The van der Waals surface area contributed by atoms with E-state index in [0.29, 0.717) is 28.4 Å². The number of carbonyl (C=O) groups is 1.